The Labute approximate surface area is 119 Å². The van der Waals surface area contributed by atoms with E-state index in [2.05, 4.69) is 17.3 Å². The second-order valence-corrected chi connectivity index (χ2v) is 5.96. The van der Waals surface area contributed by atoms with Gasteiger partial charge in [-0.25, -0.2) is 0 Å². The third kappa shape index (κ3) is 4.13. The minimum Gasteiger partial charge on any atom is -0.312 e. The number of hydrogen-bond acceptors (Lipinski definition) is 2. The summed E-state index contributed by atoms with van der Waals surface area (Å²) in [5.41, 5.74) is 1.08. The van der Waals surface area contributed by atoms with Crippen molar-refractivity contribution < 1.29 is 0 Å². The number of hydrogen-bond donors (Lipinski definition) is 1. The van der Waals surface area contributed by atoms with Crippen molar-refractivity contribution in [3.63, 3.8) is 0 Å². The first-order valence-electron chi connectivity index (χ1n) is 6.48. The molecule has 1 aromatic carbocycles. The lowest BCUT2D eigenvalue weighted by molar-refractivity contribution is 0.216. The maximum absolute atomic E-state index is 6.13. The van der Waals surface area contributed by atoms with E-state index in [9.17, 15) is 0 Å². The Hall–Kier alpha value is -0.280. The molecule has 0 bridgehead atoms. The first-order chi connectivity index (χ1) is 8.65. The van der Waals surface area contributed by atoms with Gasteiger partial charge in [-0.1, -0.05) is 23.2 Å². The van der Waals surface area contributed by atoms with Gasteiger partial charge in [0.1, 0.15) is 0 Å². The second kappa shape index (κ2) is 6.76. The highest BCUT2D eigenvalue weighted by molar-refractivity contribution is 6.33. The van der Waals surface area contributed by atoms with Crippen molar-refractivity contribution in [2.75, 3.05) is 26.7 Å². The summed E-state index contributed by atoms with van der Waals surface area (Å²) in [6.07, 6.45) is 2.57. The Kier molecular flexibility index (Phi) is 5.31. The van der Waals surface area contributed by atoms with E-state index in [4.69, 9.17) is 23.2 Å². The first-order valence-corrected chi connectivity index (χ1v) is 7.24. The minimum absolute atomic E-state index is 0.746. The van der Waals surface area contributed by atoms with E-state index in [1.54, 1.807) is 0 Å². The van der Waals surface area contributed by atoms with Crippen molar-refractivity contribution >= 4 is 23.2 Å². The Morgan fingerprint density at radius 2 is 2.00 bits per heavy atom. The van der Waals surface area contributed by atoms with Crippen LogP contribution in [-0.4, -0.2) is 31.6 Å². The standard InChI is InChI=1S/C14H20Cl2N2/c1-18-6-4-11(5-7-18)9-17-10-12-8-13(15)2-3-14(12)16/h2-3,8,11,17H,4-7,9-10H2,1H3. The normalized spacial score (nSPS) is 18.2. The number of likely N-dealkylation sites (tertiary alicyclic amines) is 1. The zero-order valence-electron chi connectivity index (χ0n) is 10.8. The fraction of sp³-hybridized carbons (Fsp3) is 0.571. The molecule has 2 rings (SSSR count). The van der Waals surface area contributed by atoms with Gasteiger partial charge in [-0.3, -0.25) is 0 Å². The molecule has 0 aliphatic carbocycles. The average Bonchev–Trinajstić information content (AvgIpc) is 2.36. The lowest BCUT2D eigenvalue weighted by Crippen LogP contribution is -2.34. The van der Waals surface area contributed by atoms with Crippen LogP contribution in [0.5, 0.6) is 0 Å². The zero-order valence-corrected chi connectivity index (χ0v) is 12.3. The van der Waals surface area contributed by atoms with Crippen LogP contribution in [0.15, 0.2) is 18.2 Å². The smallest absolute Gasteiger partial charge is 0.0451 e. The summed E-state index contributed by atoms with van der Waals surface area (Å²) in [5.74, 6) is 0.791. The molecule has 1 heterocycles. The quantitative estimate of drug-likeness (QED) is 0.912. The van der Waals surface area contributed by atoms with Crippen molar-refractivity contribution in [2.45, 2.75) is 19.4 Å². The molecule has 1 aromatic rings. The van der Waals surface area contributed by atoms with Crippen LogP contribution >= 0.6 is 23.2 Å². The van der Waals surface area contributed by atoms with Crippen molar-refractivity contribution in [2.24, 2.45) is 5.92 Å². The maximum atomic E-state index is 6.13. The fourth-order valence-corrected chi connectivity index (χ4v) is 2.73. The summed E-state index contributed by atoms with van der Waals surface area (Å²) >= 11 is 12.1. The lowest BCUT2D eigenvalue weighted by atomic mass is 9.97. The predicted octanol–water partition coefficient (Wildman–Crippen LogP) is 3.42. The highest BCUT2D eigenvalue weighted by Gasteiger charge is 2.16. The Bertz CT molecular complexity index is 387. The average molecular weight is 287 g/mol. The molecular weight excluding hydrogens is 267 g/mol. The predicted molar refractivity (Wildman–Crippen MR) is 78.4 cm³/mol. The van der Waals surface area contributed by atoms with Gasteiger partial charge in [-0.2, -0.15) is 0 Å². The van der Waals surface area contributed by atoms with Crippen LogP contribution in [-0.2, 0) is 6.54 Å². The molecule has 0 amide bonds. The molecular formula is C14H20Cl2N2. The van der Waals surface area contributed by atoms with Crippen LogP contribution < -0.4 is 5.32 Å². The van der Waals surface area contributed by atoms with Gasteiger partial charge in [0.2, 0.25) is 0 Å². The van der Waals surface area contributed by atoms with Crippen LogP contribution in [0.2, 0.25) is 10.0 Å². The molecule has 1 N–H and O–H groups in total. The van der Waals surface area contributed by atoms with Gasteiger partial charge in [-0.15, -0.1) is 0 Å². The molecule has 1 aliphatic heterocycles. The molecule has 0 radical (unpaired) electrons. The third-order valence-electron chi connectivity index (χ3n) is 3.59. The van der Waals surface area contributed by atoms with Crippen molar-refractivity contribution in [1.82, 2.24) is 10.2 Å². The second-order valence-electron chi connectivity index (χ2n) is 5.11. The summed E-state index contributed by atoms with van der Waals surface area (Å²) in [7, 11) is 2.19. The highest BCUT2D eigenvalue weighted by Crippen LogP contribution is 2.21. The summed E-state index contributed by atoms with van der Waals surface area (Å²) < 4.78 is 0. The van der Waals surface area contributed by atoms with Gasteiger partial charge >= 0.3 is 0 Å². The van der Waals surface area contributed by atoms with E-state index in [1.807, 2.05) is 18.2 Å². The molecule has 0 atom stereocenters. The highest BCUT2D eigenvalue weighted by atomic mass is 35.5. The van der Waals surface area contributed by atoms with E-state index >= 15 is 0 Å². The van der Waals surface area contributed by atoms with E-state index in [-0.39, 0.29) is 0 Å². The Balaban J connectivity index is 1.76. The van der Waals surface area contributed by atoms with E-state index in [0.29, 0.717) is 0 Å². The van der Waals surface area contributed by atoms with Crippen LogP contribution in [0.3, 0.4) is 0 Å². The molecule has 1 aliphatic rings. The van der Waals surface area contributed by atoms with Gasteiger partial charge in [0, 0.05) is 16.6 Å². The van der Waals surface area contributed by atoms with Gasteiger partial charge in [-0.05, 0) is 69.2 Å². The molecule has 1 saturated heterocycles. The molecule has 0 aromatic heterocycles. The Morgan fingerprint density at radius 1 is 1.28 bits per heavy atom. The molecule has 18 heavy (non-hydrogen) atoms. The first kappa shape index (κ1) is 14.1. The third-order valence-corrected chi connectivity index (χ3v) is 4.20. The van der Waals surface area contributed by atoms with Gasteiger partial charge in [0.25, 0.3) is 0 Å². The Morgan fingerprint density at radius 3 is 2.72 bits per heavy atom. The number of rotatable bonds is 4. The fourth-order valence-electron chi connectivity index (χ4n) is 2.36. The lowest BCUT2D eigenvalue weighted by Gasteiger charge is -2.29. The SMILES string of the molecule is CN1CCC(CNCc2cc(Cl)ccc2Cl)CC1. The molecule has 2 nitrogen and oxygen atoms in total. The topological polar surface area (TPSA) is 15.3 Å². The largest absolute Gasteiger partial charge is 0.312 e. The van der Waals surface area contributed by atoms with Crippen molar-refractivity contribution in [1.29, 1.82) is 0 Å². The summed E-state index contributed by atoms with van der Waals surface area (Å²) in [6.45, 7) is 4.29. The van der Waals surface area contributed by atoms with Gasteiger partial charge in [0.15, 0.2) is 0 Å². The number of halogens is 2. The van der Waals surface area contributed by atoms with Crippen LogP contribution in [0.25, 0.3) is 0 Å². The monoisotopic (exact) mass is 286 g/mol. The van der Waals surface area contributed by atoms with Crippen LogP contribution in [0.4, 0.5) is 0 Å². The van der Waals surface area contributed by atoms with E-state index in [1.165, 1.54) is 25.9 Å². The van der Waals surface area contributed by atoms with Crippen LogP contribution in [0.1, 0.15) is 18.4 Å². The molecule has 4 heteroatoms. The summed E-state index contributed by atoms with van der Waals surface area (Å²) in [6, 6.07) is 5.62. The molecule has 100 valence electrons. The number of benzene rings is 1. The van der Waals surface area contributed by atoms with Gasteiger partial charge < -0.3 is 10.2 Å². The van der Waals surface area contributed by atoms with Gasteiger partial charge in [0.05, 0.1) is 0 Å². The van der Waals surface area contributed by atoms with E-state index in [0.717, 1.165) is 34.6 Å². The molecule has 0 unspecified atom stereocenters. The molecule has 1 fully saturated rings. The maximum Gasteiger partial charge on any atom is 0.0451 e. The van der Waals surface area contributed by atoms with Crippen molar-refractivity contribution in [3.8, 4) is 0 Å². The zero-order chi connectivity index (χ0) is 13.0. The molecule has 0 saturated carbocycles. The van der Waals surface area contributed by atoms with Crippen LogP contribution in [0, 0.1) is 5.92 Å². The number of piperidine rings is 1. The molecule has 0 spiro atoms. The number of nitrogens with zero attached hydrogens (tertiary/aromatic N) is 1. The number of nitrogens with one attached hydrogen (secondary N) is 1. The van der Waals surface area contributed by atoms with Crippen molar-refractivity contribution in [3.05, 3.63) is 33.8 Å². The summed E-state index contributed by atoms with van der Waals surface area (Å²) in [4.78, 5) is 2.39. The summed E-state index contributed by atoms with van der Waals surface area (Å²) in [5, 5.41) is 5.03. The minimum atomic E-state index is 0.746. The van der Waals surface area contributed by atoms with E-state index < -0.39 is 0 Å².